The monoisotopic (exact) mass is 269 g/mol. The van der Waals surface area contributed by atoms with E-state index in [-0.39, 0.29) is 0 Å². The van der Waals surface area contributed by atoms with Crippen LogP contribution in [0, 0.1) is 17.2 Å². The lowest BCUT2D eigenvalue weighted by Gasteiger charge is -2.08. The van der Waals surface area contributed by atoms with Crippen molar-refractivity contribution < 1.29 is 0 Å². The molecule has 0 amide bonds. The van der Waals surface area contributed by atoms with Crippen molar-refractivity contribution in [1.82, 2.24) is 9.88 Å². The molecule has 2 rings (SSSR count). The highest BCUT2D eigenvalue weighted by molar-refractivity contribution is 5.81. The Labute approximate surface area is 121 Å². The molecule has 0 saturated heterocycles. The van der Waals surface area contributed by atoms with Gasteiger partial charge in [0, 0.05) is 30.2 Å². The zero-order chi connectivity index (χ0) is 14.4. The molecule has 0 spiro atoms. The molecule has 0 bridgehead atoms. The summed E-state index contributed by atoms with van der Waals surface area (Å²) in [6.45, 7) is 7.58. The van der Waals surface area contributed by atoms with Crippen LogP contribution in [0.25, 0.3) is 10.9 Å². The number of hydrogen-bond acceptors (Lipinski definition) is 2. The Balaban J connectivity index is 1.83. The van der Waals surface area contributed by atoms with Crippen molar-refractivity contribution in [2.75, 3.05) is 13.1 Å². The third kappa shape index (κ3) is 3.85. The highest BCUT2D eigenvalue weighted by Crippen LogP contribution is 2.17. The second kappa shape index (κ2) is 7.12. The van der Waals surface area contributed by atoms with Gasteiger partial charge in [-0.25, -0.2) is 0 Å². The molecule has 0 unspecified atom stereocenters. The minimum atomic E-state index is 0.724. The average molecular weight is 269 g/mol. The highest BCUT2D eigenvalue weighted by atomic mass is 15.0. The smallest absolute Gasteiger partial charge is 0.0991 e. The van der Waals surface area contributed by atoms with Crippen LogP contribution in [0.4, 0.5) is 0 Å². The summed E-state index contributed by atoms with van der Waals surface area (Å²) < 4.78 is 2.24. The number of rotatable bonds is 7. The molecule has 20 heavy (non-hydrogen) atoms. The van der Waals surface area contributed by atoms with Crippen LogP contribution in [0.15, 0.2) is 30.5 Å². The maximum atomic E-state index is 8.90. The number of nitriles is 1. The molecule has 3 heteroatoms. The van der Waals surface area contributed by atoms with E-state index < -0.39 is 0 Å². The number of fused-ring (bicyclic) bond motifs is 1. The predicted molar refractivity (Wildman–Crippen MR) is 83.6 cm³/mol. The van der Waals surface area contributed by atoms with E-state index in [1.165, 1.54) is 18.4 Å². The number of benzene rings is 1. The summed E-state index contributed by atoms with van der Waals surface area (Å²) in [5.74, 6) is 0.791. The zero-order valence-corrected chi connectivity index (χ0v) is 12.4. The van der Waals surface area contributed by atoms with Gasteiger partial charge < -0.3 is 9.88 Å². The van der Waals surface area contributed by atoms with Crippen molar-refractivity contribution in [1.29, 1.82) is 5.26 Å². The summed E-state index contributed by atoms with van der Waals surface area (Å²) >= 11 is 0. The molecule has 1 aromatic heterocycles. The normalized spacial score (nSPS) is 11.1. The molecular formula is C17H23N3. The molecule has 0 fully saturated rings. The Morgan fingerprint density at radius 2 is 2.10 bits per heavy atom. The predicted octanol–water partition coefficient (Wildman–Crippen LogP) is 3.54. The second-order valence-electron chi connectivity index (χ2n) is 5.68. The summed E-state index contributed by atoms with van der Waals surface area (Å²) in [5, 5.41) is 13.5. The van der Waals surface area contributed by atoms with Gasteiger partial charge in [-0.05, 0) is 49.6 Å². The van der Waals surface area contributed by atoms with Gasteiger partial charge >= 0.3 is 0 Å². The van der Waals surface area contributed by atoms with Crippen molar-refractivity contribution in [3.05, 3.63) is 36.0 Å². The van der Waals surface area contributed by atoms with Crippen LogP contribution in [0.1, 0.15) is 32.3 Å². The van der Waals surface area contributed by atoms with Crippen molar-refractivity contribution in [3.8, 4) is 6.07 Å². The first-order chi connectivity index (χ1) is 9.70. The van der Waals surface area contributed by atoms with Gasteiger partial charge in [-0.15, -0.1) is 0 Å². The number of hydrogen-bond donors (Lipinski definition) is 1. The number of nitrogens with zero attached hydrogens (tertiary/aromatic N) is 2. The van der Waals surface area contributed by atoms with E-state index >= 15 is 0 Å². The zero-order valence-electron chi connectivity index (χ0n) is 12.4. The number of aromatic nitrogens is 1. The summed E-state index contributed by atoms with van der Waals surface area (Å²) in [7, 11) is 0. The average Bonchev–Trinajstić information content (AvgIpc) is 2.84. The Hall–Kier alpha value is -1.79. The fourth-order valence-corrected chi connectivity index (χ4v) is 2.42. The minimum absolute atomic E-state index is 0.724. The molecule has 3 nitrogen and oxygen atoms in total. The van der Waals surface area contributed by atoms with Crippen LogP contribution in [-0.4, -0.2) is 17.7 Å². The van der Waals surface area contributed by atoms with Crippen LogP contribution in [0.5, 0.6) is 0 Å². The van der Waals surface area contributed by atoms with E-state index in [0.717, 1.165) is 36.5 Å². The third-order valence-corrected chi connectivity index (χ3v) is 3.56. The molecule has 2 aromatic rings. The van der Waals surface area contributed by atoms with E-state index in [1.54, 1.807) is 0 Å². The molecule has 0 aliphatic heterocycles. The lowest BCUT2D eigenvalue weighted by molar-refractivity contribution is 0.517. The molecule has 0 radical (unpaired) electrons. The molecule has 0 aliphatic carbocycles. The Morgan fingerprint density at radius 1 is 1.25 bits per heavy atom. The molecule has 0 atom stereocenters. The van der Waals surface area contributed by atoms with Gasteiger partial charge in [0.15, 0.2) is 0 Å². The van der Waals surface area contributed by atoms with Crippen molar-refractivity contribution >= 4 is 10.9 Å². The quantitative estimate of drug-likeness (QED) is 0.781. The summed E-state index contributed by atoms with van der Waals surface area (Å²) in [5.41, 5.74) is 1.93. The highest BCUT2D eigenvalue weighted by Gasteiger charge is 2.01. The summed E-state index contributed by atoms with van der Waals surface area (Å²) in [6, 6.07) is 10.1. The van der Waals surface area contributed by atoms with E-state index in [1.807, 2.05) is 18.2 Å². The lowest BCUT2D eigenvalue weighted by Crippen LogP contribution is -2.21. The van der Waals surface area contributed by atoms with Crippen LogP contribution in [0.2, 0.25) is 0 Å². The molecule has 0 aliphatic rings. The van der Waals surface area contributed by atoms with Gasteiger partial charge in [0.1, 0.15) is 0 Å². The van der Waals surface area contributed by atoms with Gasteiger partial charge in [-0.3, -0.25) is 0 Å². The lowest BCUT2D eigenvalue weighted by atomic mass is 10.1. The maximum absolute atomic E-state index is 8.90. The molecule has 1 aromatic carbocycles. The largest absolute Gasteiger partial charge is 0.346 e. The molecule has 1 heterocycles. The maximum Gasteiger partial charge on any atom is 0.0991 e. The Kier molecular flexibility index (Phi) is 5.20. The van der Waals surface area contributed by atoms with Crippen molar-refractivity contribution in [2.45, 2.75) is 33.2 Å². The summed E-state index contributed by atoms with van der Waals surface area (Å²) in [6.07, 6.45) is 4.63. The fourth-order valence-electron chi connectivity index (χ4n) is 2.42. The van der Waals surface area contributed by atoms with E-state index in [9.17, 15) is 0 Å². The molecule has 1 N–H and O–H groups in total. The Morgan fingerprint density at radius 3 is 2.85 bits per heavy atom. The first-order valence-electron chi connectivity index (χ1n) is 7.40. The van der Waals surface area contributed by atoms with Crippen molar-refractivity contribution in [3.63, 3.8) is 0 Å². The second-order valence-corrected chi connectivity index (χ2v) is 5.68. The van der Waals surface area contributed by atoms with Crippen LogP contribution in [-0.2, 0) is 6.54 Å². The van der Waals surface area contributed by atoms with Gasteiger partial charge in [-0.1, -0.05) is 13.8 Å². The van der Waals surface area contributed by atoms with E-state index in [0.29, 0.717) is 0 Å². The third-order valence-electron chi connectivity index (χ3n) is 3.56. The SMILES string of the molecule is CC(C)CCCNCCn1ccc2cc(C#N)ccc21. The summed E-state index contributed by atoms with van der Waals surface area (Å²) in [4.78, 5) is 0. The standard InChI is InChI=1S/C17H23N3/c1-14(2)4-3-8-19-9-11-20-10-7-16-12-15(13-18)5-6-17(16)20/h5-7,10,12,14,19H,3-4,8-9,11H2,1-2H3. The molecule has 0 saturated carbocycles. The van der Waals surface area contributed by atoms with E-state index in [4.69, 9.17) is 5.26 Å². The van der Waals surface area contributed by atoms with Gasteiger partial charge in [0.25, 0.3) is 0 Å². The topological polar surface area (TPSA) is 40.8 Å². The van der Waals surface area contributed by atoms with Crippen LogP contribution in [0.3, 0.4) is 0 Å². The Bertz CT molecular complexity index is 590. The van der Waals surface area contributed by atoms with Crippen LogP contribution >= 0.6 is 0 Å². The van der Waals surface area contributed by atoms with Crippen LogP contribution < -0.4 is 5.32 Å². The first-order valence-corrected chi connectivity index (χ1v) is 7.40. The fraction of sp³-hybridized carbons (Fsp3) is 0.471. The van der Waals surface area contributed by atoms with E-state index in [2.05, 4.69) is 42.1 Å². The van der Waals surface area contributed by atoms with Gasteiger partial charge in [0.2, 0.25) is 0 Å². The molecular weight excluding hydrogens is 246 g/mol. The first kappa shape index (κ1) is 14.6. The number of nitrogens with one attached hydrogen (secondary N) is 1. The van der Waals surface area contributed by atoms with Gasteiger partial charge in [0.05, 0.1) is 11.6 Å². The van der Waals surface area contributed by atoms with Gasteiger partial charge in [-0.2, -0.15) is 5.26 Å². The molecule has 106 valence electrons. The minimum Gasteiger partial charge on any atom is -0.346 e. The van der Waals surface area contributed by atoms with Crippen molar-refractivity contribution in [2.24, 2.45) is 5.92 Å².